The van der Waals surface area contributed by atoms with Gasteiger partial charge in [-0.05, 0) is 78.4 Å². The van der Waals surface area contributed by atoms with Crippen molar-refractivity contribution in [1.29, 1.82) is 0 Å². The molecule has 1 unspecified atom stereocenters. The van der Waals surface area contributed by atoms with Gasteiger partial charge in [0.05, 0.1) is 45.2 Å². The Morgan fingerprint density at radius 2 is 1.56 bits per heavy atom. The number of nitrogens with zero attached hydrogens (tertiary/aromatic N) is 3. The molecule has 14 heteroatoms. The van der Waals surface area contributed by atoms with E-state index in [4.69, 9.17) is 25.8 Å². The summed E-state index contributed by atoms with van der Waals surface area (Å²) >= 11 is 6.21. The topological polar surface area (TPSA) is 138 Å². The maximum atomic E-state index is 14.5. The van der Waals surface area contributed by atoms with E-state index in [2.05, 4.69) is 18.7 Å². The van der Waals surface area contributed by atoms with Gasteiger partial charge in [0.15, 0.2) is 0 Å². The van der Waals surface area contributed by atoms with Gasteiger partial charge in [-0.15, -0.1) is 0 Å². The highest BCUT2D eigenvalue weighted by Crippen LogP contribution is 2.29. The van der Waals surface area contributed by atoms with E-state index in [1.54, 1.807) is 61.0 Å². The second-order valence-electron chi connectivity index (χ2n) is 12.8. The summed E-state index contributed by atoms with van der Waals surface area (Å²) in [6, 6.07) is 17.8. The molecule has 2 N–H and O–H groups in total. The van der Waals surface area contributed by atoms with Crippen molar-refractivity contribution in [2.24, 2.45) is 5.92 Å². The highest BCUT2D eigenvalue weighted by molar-refractivity contribution is 7.89. The number of sulfonamides is 1. The standard InChI is InChI=1S/C36H47ClN4O8S/c1-25(2)15-29-22-39(21-27-17-32(48-4)20-33(18-27)49-5)23-30(19-35(42)38-44)41(29)36(43)24-40(14-13-26-7-6-8-28(37)16-26)50(45,46)34-11-9-31(47-3)10-12-34/h6-12,16-18,20,25,29-30,44H,13-15,19,21-24H2,1-5H3,(H,38,42)/t29-,30?/m0/s1. The smallest absolute Gasteiger partial charge is 0.245 e. The number of methoxy groups -OCH3 is 3. The highest BCUT2D eigenvalue weighted by atomic mass is 35.5. The van der Waals surface area contributed by atoms with E-state index in [9.17, 15) is 23.2 Å². The van der Waals surface area contributed by atoms with E-state index in [1.165, 1.54) is 23.5 Å². The zero-order valence-corrected chi connectivity index (χ0v) is 30.7. The van der Waals surface area contributed by atoms with Crippen LogP contribution in [0.4, 0.5) is 0 Å². The summed E-state index contributed by atoms with van der Waals surface area (Å²) < 4.78 is 45.6. The Balaban J connectivity index is 1.67. The van der Waals surface area contributed by atoms with Gasteiger partial charge in [-0.2, -0.15) is 4.31 Å². The summed E-state index contributed by atoms with van der Waals surface area (Å²) in [5, 5.41) is 10.0. The van der Waals surface area contributed by atoms with Crippen molar-refractivity contribution in [2.45, 2.75) is 56.6 Å². The third-order valence-corrected chi connectivity index (χ3v) is 10.8. The lowest BCUT2D eigenvalue weighted by atomic mass is 9.95. The van der Waals surface area contributed by atoms with Gasteiger partial charge in [0, 0.05) is 43.3 Å². The van der Waals surface area contributed by atoms with Crippen LogP contribution in [0, 0.1) is 5.92 Å². The van der Waals surface area contributed by atoms with Gasteiger partial charge in [0.1, 0.15) is 17.2 Å². The van der Waals surface area contributed by atoms with E-state index in [1.807, 2.05) is 18.2 Å². The first-order valence-corrected chi connectivity index (χ1v) is 18.3. The van der Waals surface area contributed by atoms with Crippen LogP contribution < -0.4 is 19.7 Å². The fourth-order valence-electron chi connectivity index (χ4n) is 6.41. The average molecular weight is 731 g/mol. The Morgan fingerprint density at radius 3 is 2.14 bits per heavy atom. The van der Waals surface area contributed by atoms with Gasteiger partial charge in [-0.25, -0.2) is 13.9 Å². The summed E-state index contributed by atoms with van der Waals surface area (Å²) in [6.07, 6.45) is 0.740. The molecule has 12 nitrogen and oxygen atoms in total. The number of carbonyl (C=O) groups is 2. The van der Waals surface area contributed by atoms with Crippen molar-refractivity contribution in [3.05, 3.63) is 82.9 Å². The van der Waals surface area contributed by atoms with Crippen molar-refractivity contribution >= 4 is 33.4 Å². The van der Waals surface area contributed by atoms with Gasteiger partial charge in [-0.3, -0.25) is 19.7 Å². The molecule has 3 aromatic rings. The van der Waals surface area contributed by atoms with Crippen molar-refractivity contribution in [2.75, 3.05) is 47.5 Å². The molecule has 4 rings (SSSR count). The number of hydroxylamine groups is 1. The number of nitrogens with one attached hydrogen (secondary N) is 1. The molecular weight excluding hydrogens is 684 g/mol. The molecular formula is C36H47ClN4O8S. The molecule has 0 bridgehead atoms. The number of rotatable bonds is 16. The Kier molecular flexibility index (Phi) is 13.9. The number of amides is 2. The minimum absolute atomic E-state index is 0.00865. The number of benzene rings is 3. The van der Waals surface area contributed by atoms with Crippen LogP contribution in [-0.2, 0) is 32.6 Å². The monoisotopic (exact) mass is 730 g/mol. The number of ether oxygens (including phenoxy) is 3. The number of hydrogen-bond donors (Lipinski definition) is 2. The molecule has 0 radical (unpaired) electrons. The number of carbonyl (C=O) groups excluding carboxylic acids is 2. The van der Waals surface area contributed by atoms with Crippen LogP contribution in [0.3, 0.4) is 0 Å². The first-order chi connectivity index (χ1) is 23.9. The van der Waals surface area contributed by atoms with Crippen LogP contribution in [0.15, 0.2) is 71.6 Å². The molecule has 50 heavy (non-hydrogen) atoms. The Labute approximate surface area is 299 Å². The zero-order chi connectivity index (χ0) is 36.4. The van der Waals surface area contributed by atoms with E-state index in [-0.39, 0.29) is 29.8 Å². The van der Waals surface area contributed by atoms with Crippen molar-refractivity contribution < 1.29 is 37.4 Å². The first-order valence-electron chi connectivity index (χ1n) is 16.4. The van der Waals surface area contributed by atoms with Crippen LogP contribution in [0.5, 0.6) is 17.2 Å². The van der Waals surface area contributed by atoms with Crippen molar-refractivity contribution in [3.63, 3.8) is 0 Å². The van der Waals surface area contributed by atoms with Crippen molar-refractivity contribution in [1.82, 2.24) is 19.6 Å². The summed E-state index contributed by atoms with van der Waals surface area (Å²) in [6.45, 7) is 4.93. The molecule has 1 fully saturated rings. The minimum atomic E-state index is -4.15. The number of halogens is 1. The molecule has 2 atom stereocenters. The molecule has 0 saturated carbocycles. The first kappa shape index (κ1) is 38.9. The Hall–Kier alpha value is -3.88. The minimum Gasteiger partial charge on any atom is -0.497 e. The summed E-state index contributed by atoms with van der Waals surface area (Å²) in [5.41, 5.74) is 3.45. The lowest BCUT2D eigenvalue weighted by molar-refractivity contribution is -0.144. The quantitative estimate of drug-likeness (QED) is 0.160. The third-order valence-electron chi connectivity index (χ3n) is 8.67. The molecule has 2 amide bonds. The van der Waals surface area contributed by atoms with E-state index in [0.29, 0.717) is 54.7 Å². The predicted molar refractivity (Wildman–Crippen MR) is 190 cm³/mol. The second kappa shape index (κ2) is 17.9. The second-order valence-corrected chi connectivity index (χ2v) is 15.2. The average Bonchev–Trinajstić information content (AvgIpc) is 3.09. The normalized spacial score (nSPS) is 16.8. The van der Waals surface area contributed by atoms with Crippen LogP contribution in [0.1, 0.15) is 37.8 Å². The molecule has 0 aromatic heterocycles. The maximum absolute atomic E-state index is 14.5. The fraction of sp³-hybridized carbons (Fsp3) is 0.444. The number of piperazine rings is 1. The van der Waals surface area contributed by atoms with Crippen LogP contribution in [0.2, 0.25) is 5.02 Å². The number of hydrogen-bond acceptors (Lipinski definition) is 9. The Bertz CT molecular complexity index is 1680. The summed E-state index contributed by atoms with van der Waals surface area (Å²) in [5.74, 6) is 0.874. The SMILES string of the molecule is COc1ccc(S(=O)(=O)N(CCc2cccc(Cl)c2)CC(=O)N2C(CC(=O)NO)CN(Cc3cc(OC)cc(OC)c3)C[C@@H]2CC(C)C)cc1. The Morgan fingerprint density at radius 1 is 0.920 bits per heavy atom. The van der Waals surface area contributed by atoms with Crippen LogP contribution >= 0.6 is 11.6 Å². The fourth-order valence-corrected chi connectivity index (χ4v) is 8.01. The van der Waals surface area contributed by atoms with Gasteiger partial charge in [0.25, 0.3) is 0 Å². The molecule has 1 saturated heterocycles. The molecule has 1 aliphatic heterocycles. The van der Waals surface area contributed by atoms with Gasteiger partial charge >= 0.3 is 0 Å². The molecule has 1 aliphatic rings. The van der Waals surface area contributed by atoms with Gasteiger partial charge in [-0.1, -0.05) is 37.6 Å². The third kappa shape index (κ3) is 10.3. The van der Waals surface area contributed by atoms with Gasteiger partial charge in [0.2, 0.25) is 21.8 Å². The maximum Gasteiger partial charge on any atom is 0.245 e. The molecule has 3 aromatic carbocycles. The largest absolute Gasteiger partial charge is 0.497 e. The molecule has 0 aliphatic carbocycles. The summed E-state index contributed by atoms with van der Waals surface area (Å²) in [4.78, 5) is 31.0. The molecule has 1 heterocycles. The lowest BCUT2D eigenvalue weighted by Gasteiger charge is -2.48. The van der Waals surface area contributed by atoms with E-state index < -0.39 is 34.4 Å². The lowest BCUT2D eigenvalue weighted by Crippen LogP contribution is -2.63. The predicted octanol–water partition coefficient (Wildman–Crippen LogP) is 4.62. The van der Waals surface area contributed by atoms with Crippen LogP contribution in [-0.4, -0.2) is 99.1 Å². The highest BCUT2D eigenvalue weighted by Gasteiger charge is 2.40. The van der Waals surface area contributed by atoms with Crippen LogP contribution in [0.25, 0.3) is 0 Å². The van der Waals surface area contributed by atoms with E-state index >= 15 is 0 Å². The molecule has 272 valence electrons. The van der Waals surface area contributed by atoms with E-state index in [0.717, 1.165) is 11.1 Å². The summed E-state index contributed by atoms with van der Waals surface area (Å²) in [7, 11) is 0.510. The molecule has 0 spiro atoms. The van der Waals surface area contributed by atoms with Gasteiger partial charge < -0.3 is 19.1 Å². The zero-order valence-electron chi connectivity index (χ0n) is 29.2. The van der Waals surface area contributed by atoms with Crippen molar-refractivity contribution in [3.8, 4) is 17.2 Å².